The van der Waals surface area contributed by atoms with Crippen LogP contribution in [0, 0.1) is 5.92 Å². The number of thioether (sulfide) groups is 1. The largest absolute Gasteiger partial charge is 0.481 e. The molecule has 3 amide bonds. The van der Waals surface area contributed by atoms with E-state index in [4.69, 9.17) is 16.6 Å². The molecule has 196 valence electrons. The van der Waals surface area contributed by atoms with Gasteiger partial charge in [0.05, 0.1) is 6.04 Å². The third kappa shape index (κ3) is 12.8. The summed E-state index contributed by atoms with van der Waals surface area (Å²) >= 11 is 1.48. The Bertz CT molecular complexity index is 692. The highest BCUT2D eigenvalue weighted by Crippen LogP contribution is 2.08. The lowest BCUT2D eigenvalue weighted by molar-refractivity contribution is -0.143. The van der Waals surface area contributed by atoms with Gasteiger partial charge in [0, 0.05) is 6.42 Å². The molecule has 0 aromatic carbocycles. The number of nitrogens with two attached hydrogens (primary N) is 2. The topological polar surface area (TPSA) is 214 Å². The number of carboxylic acids is 2. The summed E-state index contributed by atoms with van der Waals surface area (Å²) in [5, 5.41) is 25.6. The highest BCUT2D eigenvalue weighted by molar-refractivity contribution is 7.98. The van der Waals surface area contributed by atoms with Gasteiger partial charge in [0.1, 0.15) is 18.1 Å². The fourth-order valence-corrected chi connectivity index (χ4v) is 3.47. The minimum absolute atomic E-state index is 0.302. The van der Waals surface area contributed by atoms with Crippen LogP contribution in [0.2, 0.25) is 0 Å². The normalized spacial score (nSPS) is 14.5. The van der Waals surface area contributed by atoms with Crippen molar-refractivity contribution in [3.63, 3.8) is 0 Å². The van der Waals surface area contributed by atoms with E-state index in [1.165, 1.54) is 11.8 Å². The van der Waals surface area contributed by atoms with E-state index in [2.05, 4.69) is 16.0 Å². The van der Waals surface area contributed by atoms with Gasteiger partial charge in [-0.1, -0.05) is 20.3 Å². The fourth-order valence-electron chi connectivity index (χ4n) is 3.00. The van der Waals surface area contributed by atoms with Crippen molar-refractivity contribution in [1.29, 1.82) is 0 Å². The van der Waals surface area contributed by atoms with Gasteiger partial charge in [-0.2, -0.15) is 11.8 Å². The molecule has 0 heterocycles. The van der Waals surface area contributed by atoms with E-state index in [-0.39, 0.29) is 6.42 Å². The summed E-state index contributed by atoms with van der Waals surface area (Å²) in [4.78, 5) is 60.3. The van der Waals surface area contributed by atoms with Gasteiger partial charge >= 0.3 is 11.9 Å². The Labute approximate surface area is 204 Å². The van der Waals surface area contributed by atoms with Crippen molar-refractivity contribution < 1.29 is 34.2 Å². The maximum absolute atomic E-state index is 13.0. The second-order valence-corrected chi connectivity index (χ2v) is 9.28. The van der Waals surface area contributed by atoms with Crippen molar-refractivity contribution in [2.24, 2.45) is 17.4 Å². The molecule has 0 bridgehead atoms. The van der Waals surface area contributed by atoms with Gasteiger partial charge in [-0.15, -0.1) is 0 Å². The zero-order valence-corrected chi connectivity index (χ0v) is 20.9. The second kappa shape index (κ2) is 17.1. The summed E-state index contributed by atoms with van der Waals surface area (Å²) in [6.45, 7) is 3.82. The first-order valence-corrected chi connectivity index (χ1v) is 12.6. The number of nitrogens with one attached hydrogen (secondary N) is 3. The van der Waals surface area contributed by atoms with E-state index < -0.39 is 66.2 Å². The minimum atomic E-state index is -1.42. The lowest BCUT2D eigenvalue weighted by atomic mass is 10.0. The Morgan fingerprint density at radius 1 is 0.853 bits per heavy atom. The van der Waals surface area contributed by atoms with Gasteiger partial charge < -0.3 is 37.6 Å². The number of hydrogen-bond acceptors (Lipinski definition) is 8. The van der Waals surface area contributed by atoms with Gasteiger partial charge in [0.25, 0.3) is 0 Å². The lowest BCUT2D eigenvalue weighted by Crippen LogP contribution is -2.58. The molecule has 12 nitrogen and oxygen atoms in total. The number of amides is 3. The first kappa shape index (κ1) is 31.6. The summed E-state index contributed by atoms with van der Waals surface area (Å²) in [6, 6.07) is -4.24. The number of carboxylic acid groups (broad SMARTS) is 2. The van der Waals surface area contributed by atoms with Crippen molar-refractivity contribution in [2.75, 3.05) is 18.6 Å². The quantitative estimate of drug-likeness (QED) is 0.116. The molecule has 0 rings (SSSR count). The van der Waals surface area contributed by atoms with Crippen LogP contribution < -0.4 is 27.4 Å². The third-order valence-corrected chi connectivity index (χ3v) is 5.70. The van der Waals surface area contributed by atoms with Gasteiger partial charge in [0.2, 0.25) is 17.7 Å². The lowest BCUT2D eigenvalue weighted by Gasteiger charge is -2.27. The predicted molar refractivity (Wildman–Crippen MR) is 129 cm³/mol. The van der Waals surface area contributed by atoms with Crippen LogP contribution >= 0.6 is 11.8 Å². The van der Waals surface area contributed by atoms with E-state index in [0.29, 0.717) is 31.6 Å². The van der Waals surface area contributed by atoms with Gasteiger partial charge in [-0.3, -0.25) is 19.2 Å². The molecule has 0 aliphatic carbocycles. The fraction of sp³-hybridized carbons (Fsp3) is 0.762. The summed E-state index contributed by atoms with van der Waals surface area (Å²) in [6.07, 6.45) is 3.24. The number of carbonyl (C=O) groups excluding carboxylic acids is 3. The van der Waals surface area contributed by atoms with E-state index in [0.717, 1.165) is 6.42 Å². The van der Waals surface area contributed by atoms with Crippen molar-refractivity contribution in [1.82, 2.24) is 16.0 Å². The van der Waals surface area contributed by atoms with Crippen LogP contribution in [0.15, 0.2) is 0 Å². The molecular weight excluding hydrogens is 466 g/mol. The highest BCUT2D eigenvalue weighted by atomic mass is 32.2. The standard InChI is InChI=1S/C21H39N5O7S/c1-12(2)17(20(31)25-15(21(32)33)7-8-16(27)28)26-19(30)14(9-11-34-3)24-18(29)13(23)6-4-5-10-22/h12-15,17H,4-11,22-23H2,1-3H3,(H,24,29)(H,25,31)(H,26,30)(H,27,28)(H,32,33). The van der Waals surface area contributed by atoms with E-state index in [1.807, 2.05) is 6.26 Å². The smallest absolute Gasteiger partial charge is 0.326 e. The molecule has 0 aromatic heterocycles. The summed E-state index contributed by atoms with van der Waals surface area (Å²) in [5.74, 6) is -4.25. The molecule has 0 fully saturated rings. The van der Waals surface area contributed by atoms with Crippen LogP contribution in [-0.4, -0.2) is 82.6 Å². The van der Waals surface area contributed by atoms with Crippen LogP contribution in [-0.2, 0) is 24.0 Å². The molecule has 4 unspecified atom stereocenters. The van der Waals surface area contributed by atoms with Crippen LogP contribution in [0.25, 0.3) is 0 Å². The molecule has 0 radical (unpaired) electrons. The molecule has 13 heteroatoms. The molecule has 0 aromatic rings. The molecule has 0 spiro atoms. The molecule has 34 heavy (non-hydrogen) atoms. The average Bonchev–Trinajstić information content (AvgIpc) is 2.76. The molecule has 0 saturated heterocycles. The monoisotopic (exact) mass is 505 g/mol. The Balaban J connectivity index is 5.30. The van der Waals surface area contributed by atoms with E-state index >= 15 is 0 Å². The zero-order valence-electron chi connectivity index (χ0n) is 20.0. The zero-order chi connectivity index (χ0) is 26.3. The second-order valence-electron chi connectivity index (χ2n) is 8.30. The average molecular weight is 506 g/mol. The predicted octanol–water partition coefficient (Wildman–Crippen LogP) is -0.744. The van der Waals surface area contributed by atoms with E-state index in [9.17, 15) is 29.1 Å². The van der Waals surface area contributed by atoms with Crippen LogP contribution in [0.3, 0.4) is 0 Å². The minimum Gasteiger partial charge on any atom is -0.481 e. The number of carbonyl (C=O) groups is 5. The van der Waals surface area contributed by atoms with Crippen molar-refractivity contribution in [2.45, 2.75) is 76.5 Å². The summed E-state index contributed by atoms with van der Waals surface area (Å²) in [7, 11) is 0. The summed E-state index contributed by atoms with van der Waals surface area (Å²) in [5.41, 5.74) is 11.4. The highest BCUT2D eigenvalue weighted by Gasteiger charge is 2.31. The number of rotatable bonds is 18. The molecule has 0 aliphatic heterocycles. The first-order chi connectivity index (χ1) is 15.9. The van der Waals surface area contributed by atoms with Gasteiger partial charge in [0.15, 0.2) is 0 Å². The Morgan fingerprint density at radius 3 is 1.97 bits per heavy atom. The van der Waals surface area contributed by atoms with Crippen LogP contribution in [0.1, 0.15) is 52.4 Å². The molecule has 4 atom stereocenters. The van der Waals surface area contributed by atoms with Crippen molar-refractivity contribution in [3.8, 4) is 0 Å². The van der Waals surface area contributed by atoms with Gasteiger partial charge in [-0.05, 0) is 50.2 Å². The summed E-state index contributed by atoms with van der Waals surface area (Å²) < 4.78 is 0. The van der Waals surface area contributed by atoms with Crippen molar-refractivity contribution >= 4 is 41.4 Å². The molecule has 0 saturated carbocycles. The Hall–Kier alpha value is -2.38. The van der Waals surface area contributed by atoms with Crippen LogP contribution in [0.4, 0.5) is 0 Å². The Kier molecular flexibility index (Phi) is 15.9. The number of unbranched alkanes of at least 4 members (excludes halogenated alkanes) is 1. The third-order valence-electron chi connectivity index (χ3n) is 5.06. The number of hydrogen-bond donors (Lipinski definition) is 7. The SMILES string of the molecule is CSCCC(NC(=O)C(N)CCCCN)C(=O)NC(C(=O)NC(CCC(=O)O)C(=O)O)C(C)C. The Morgan fingerprint density at radius 2 is 1.47 bits per heavy atom. The molecule has 0 aliphatic rings. The van der Waals surface area contributed by atoms with Crippen LogP contribution in [0.5, 0.6) is 0 Å². The molecule has 9 N–H and O–H groups in total. The maximum atomic E-state index is 13.0. The van der Waals surface area contributed by atoms with Gasteiger partial charge in [-0.25, -0.2) is 4.79 Å². The first-order valence-electron chi connectivity index (χ1n) is 11.2. The maximum Gasteiger partial charge on any atom is 0.326 e. The molecular formula is C21H39N5O7S. The van der Waals surface area contributed by atoms with Crippen molar-refractivity contribution in [3.05, 3.63) is 0 Å². The van der Waals surface area contributed by atoms with E-state index in [1.54, 1.807) is 13.8 Å². The number of aliphatic carboxylic acids is 2.